The van der Waals surface area contributed by atoms with Crippen molar-refractivity contribution in [2.24, 2.45) is 0 Å². The number of aromatic amines is 1. The molecule has 0 bridgehead atoms. The van der Waals surface area contributed by atoms with Crippen molar-refractivity contribution in [3.8, 4) is 5.75 Å². The summed E-state index contributed by atoms with van der Waals surface area (Å²) in [6, 6.07) is 13.2. The maximum absolute atomic E-state index is 12.9. The predicted octanol–water partition coefficient (Wildman–Crippen LogP) is 4.05. The molecule has 6 heteroatoms. The van der Waals surface area contributed by atoms with Gasteiger partial charge in [-0.3, -0.25) is 0 Å². The Bertz CT molecular complexity index is 1060. The minimum Gasteiger partial charge on any atom is -0.497 e. The van der Waals surface area contributed by atoms with Gasteiger partial charge in [0, 0.05) is 30.2 Å². The second kappa shape index (κ2) is 7.02. The Morgan fingerprint density at radius 2 is 1.89 bits per heavy atom. The van der Waals surface area contributed by atoms with E-state index in [1.54, 1.807) is 29.6 Å². The molecule has 0 amide bonds. The smallest absolute Gasteiger partial charge is 0.243 e. The lowest BCUT2D eigenvalue weighted by Crippen LogP contribution is -2.37. The first-order chi connectivity index (χ1) is 13.0. The molecular formula is C21H24N2O3S. The fourth-order valence-corrected chi connectivity index (χ4v) is 5.49. The van der Waals surface area contributed by atoms with Crippen molar-refractivity contribution in [1.82, 2.24) is 9.29 Å². The molecule has 1 fully saturated rings. The molecule has 0 aliphatic carbocycles. The van der Waals surface area contributed by atoms with E-state index < -0.39 is 10.0 Å². The summed E-state index contributed by atoms with van der Waals surface area (Å²) in [5.41, 5.74) is 3.29. The van der Waals surface area contributed by atoms with Crippen molar-refractivity contribution in [2.45, 2.75) is 30.6 Å². The summed E-state index contributed by atoms with van der Waals surface area (Å²) >= 11 is 0. The summed E-state index contributed by atoms with van der Waals surface area (Å²) in [5.74, 6) is 1.18. The Labute approximate surface area is 160 Å². The minimum absolute atomic E-state index is 0.342. The molecule has 5 nitrogen and oxygen atoms in total. The third kappa shape index (κ3) is 3.35. The van der Waals surface area contributed by atoms with Gasteiger partial charge >= 0.3 is 0 Å². The quantitative estimate of drug-likeness (QED) is 0.738. The lowest BCUT2D eigenvalue weighted by molar-refractivity contribution is 0.320. The first kappa shape index (κ1) is 18.1. The maximum Gasteiger partial charge on any atom is 0.243 e. The van der Waals surface area contributed by atoms with Crippen molar-refractivity contribution >= 4 is 20.9 Å². The first-order valence-corrected chi connectivity index (χ1v) is 10.6. The zero-order valence-electron chi connectivity index (χ0n) is 15.6. The zero-order valence-corrected chi connectivity index (χ0v) is 16.4. The van der Waals surface area contributed by atoms with Gasteiger partial charge in [-0.15, -0.1) is 0 Å². The molecule has 0 unspecified atom stereocenters. The van der Waals surface area contributed by atoms with Gasteiger partial charge in [0.05, 0.1) is 12.0 Å². The van der Waals surface area contributed by atoms with Gasteiger partial charge in [0.25, 0.3) is 0 Å². The predicted molar refractivity (Wildman–Crippen MR) is 107 cm³/mol. The Hall–Kier alpha value is -2.31. The zero-order chi connectivity index (χ0) is 19.0. The standard InChI is InChI=1S/C21H24N2O3S/c1-15-4-3-5-18(12-15)27(24,25)23-10-8-16(9-11-23)20-14-22-21-7-6-17(26-2)13-19(20)21/h3-7,12-14,16,22H,8-11H2,1-2H3. The second-order valence-corrected chi connectivity index (χ2v) is 9.09. The van der Waals surface area contributed by atoms with E-state index in [0.29, 0.717) is 23.9 Å². The third-order valence-electron chi connectivity index (χ3n) is 5.44. The van der Waals surface area contributed by atoms with Gasteiger partial charge < -0.3 is 9.72 Å². The van der Waals surface area contributed by atoms with E-state index >= 15 is 0 Å². The van der Waals surface area contributed by atoms with Crippen molar-refractivity contribution < 1.29 is 13.2 Å². The number of nitrogens with zero attached hydrogens (tertiary/aromatic N) is 1. The monoisotopic (exact) mass is 384 g/mol. The van der Waals surface area contributed by atoms with Crippen LogP contribution < -0.4 is 4.74 Å². The van der Waals surface area contributed by atoms with Crippen LogP contribution in [0.2, 0.25) is 0 Å². The molecule has 1 saturated heterocycles. The van der Waals surface area contributed by atoms with E-state index in [1.165, 1.54) is 5.56 Å². The molecule has 0 atom stereocenters. The number of fused-ring (bicyclic) bond motifs is 1. The number of aryl methyl sites for hydroxylation is 1. The molecule has 1 aliphatic heterocycles. The van der Waals surface area contributed by atoms with E-state index in [1.807, 2.05) is 25.1 Å². The molecular weight excluding hydrogens is 360 g/mol. The SMILES string of the molecule is COc1ccc2[nH]cc(C3CCN(S(=O)(=O)c4cccc(C)c4)CC3)c2c1. The van der Waals surface area contributed by atoms with Crippen LogP contribution in [0.4, 0.5) is 0 Å². The molecule has 2 heterocycles. The molecule has 0 saturated carbocycles. The highest BCUT2D eigenvalue weighted by Crippen LogP contribution is 2.36. The highest BCUT2D eigenvalue weighted by atomic mass is 32.2. The molecule has 1 N–H and O–H groups in total. The lowest BCUT2D eigenvalue weighted by Gasteiger charge is -2.31. The van der Waals surface area contributed by atoms with Crippen LogP contribution in [0.25, 0.3) is 10.9 Å². The highest BCUT2D eigenvalue weighted by molar-refractivity contribution is 7.89. The maximum atomic E-state index is 12.9. The topological polar surface area (TPSA) is 62.4 Å². The van der Waals surface area contributed by atoms with Crippen LogP contribution in [0.15, 0.2) is 53.6 Å². The van der Waals surface area contributed by atoms with Gasteiger partial charge in [0.1, 0.15) is 5.75 Å². The lowest BCUT2D eigenvalue weighted by atomic mass is 9.90. The number of piperidine rings is 1. The molecule has 0 radical (unpaired) electrons. The average molecular weight is 385 g/mol. The summed E-state index contributed by atoms with van der Waals surface area (Å²) < 4.78 is 32.8. The fourth-order valence-electron chi connectivity index (χ4n) is 3.92. The van der Waals surface area contributed by atoms with Crippen molar-refractivity contribution in [3.05, 3.63) is 59.8 Å². The van der Waals surface area contributed by atoms with E-state index in [9.17, 15) is 8.42 Å². The van der Waals surface area contributed by atoms with Gasteiger partial charge in [-0.25, -0.2) is 8.42 Å². The summed E-state index contributed by atoms with van der Waals surface area (Å²) in [5, 5.41) is 1.16. The number of hydrogen-bond donors (Lipinski definition) is 1. The van der Waals surface area contributed by atoms with Crippen LogP contribution in [0.1, 0.15) is 29.9 Å². The fraction of sp³-hybridized carbons (Fsp3) is 0.333. The minimum atomic E-state index is -3.42. The third-order valence-corrected chi connectivity index (χ3v) is 7.34. The van der Waals surface area contributed by atoms with Crippen LogP contribution in [0, 0.1) is 6.92 Å². The van der Waals surface area contributed by atoms with Gasteiger partial charge in [-0.2, -0.15) is 4.31 Å². The van der Waals surface area contributed by atoms with Crippen LogP contribution >= 0.6 is 0 Å². The second-order valence-electron chi connectivity index (χ2n) is 7.15. The van der Waals surface area contributed by atoms with Gasteiger partial charge in [-0.1, -0.05) is 12.1 Å². The number of nitrogens with one attached hydrogen (secondary N) is 1. The average Bonchev–Trinajstić information content (AvgIpc) is 3.11. The van der Waals surface area contributed by atoms with Crippen LogP contribution in [0.5, 0.6) is 5.75 Å². The number of rotatable bonds is 4. The largest absolute Gasteiger partial charge is 0.497 e. The summed E-state index contributed by atoms with van der Waals surface area (Å²) in [7, 11) is -1.76. The number of ether oxygens (including phenoxy) is 1. The Balaban J connectivity index is 1.54. The molecule has 4 rings (SSSR count). The van der Waals surface area contributed by atoms with Gasteiger partial charge in [0.2, 0.25) is 10.0 Å². The van der Waals surface area contributed by atoms with Crippen molar-refractivity contribution in [3.63, 3.8) is 0 Å². The number of aromatic nitrogens is 1. The van der Waals surface area contributed by atoms with E-state index in [-0.39, 0.29) is 0 Å². The van der Waals surface area contributed by atoms with Crippen LogP contribution in [-0.2, 0) is 10.0 Å². The van der Waals surface area contributed by atoms with Crippen molar-refractivity contribution in [1.29, 1.82) is 0 Å². The molecule has 3 aromatic rings. The van der Waals surface area contributed by atoms with Gasteiger partial charge in [0.15, 0.2) is 0 Å². The Morgan fingerprint density at radius 1 is 1.11 bits per heavy atom. The molecule has 0 spiro atoms. The van der Waals surface area contributed by atoms with Crippen molar-refractivity contribution in [2.75, 3.05) is 20.2 Å². The number of H-pyrrole nitrogens is 1. The summed E-state index contributed by atoms with van der Waals surface area (Å²) in [6.07, 6.45) is 3.68. The van der Waals surface area contributed by atoms with Crippen LogP contribution in [0.3, 0.4) is 0 Å². The molecule has 1 aromatic heterocycles. The van der Waals surface area contributed by atoms with Crippen LogP contribution in [-0.4, -0.2) is 37.9 Å². The summed E-state index contributed by atoms with van der Waals surface area (Å²) in [6.45, 7) is 2.99. The number of hydrogen-bond acceptors (Lipinski definition) is 3. The normalized spacial score (nSPS) is 16.7. The highest BCUT2D eigenvalue weighted by Gasteiger charge is 2.30. The Morgan fingerprint density at radius 3 is 2.59 bits per heavy atom. The molecule has 142 valence electrons. The van der Waals surface area contributed by atoms with Gasteiger partial charge in [-0.05, 0) is 67.1 Å². The summed E-state index contributed by atoms with van der Waals surface area (Å²) in [4.78, 5) is 3.71. The molecule has 2 aromatic carbocycles. The first-order valence-electron chi connectivity index (χ1n) is 9.21. The van der Waals surface area contributed by atoms with E-state index in [0.717, 1.165) is 35.1 Å². The molecule has 27 heavy (non-hydrogen) atoms. The Kier molecular flexibility index (Phi) is 4.70. The number of sulfonamides is 1. The number of benzene rings is 2. The van der Waals surface area contributed by atoms with E-state index in [2.05, 4.69) is 17.2 Å². The number of methoxy groups -OCH3 is 1. The molecule has 1 aliphatic rings. The van der Waals surface area contributed by atoms with E-state index in [4.69, 9.17) is 4.74 Å².